The second-order valence-corrected chi connectivity index (χ2v) is 4.48. The Bertz CT molecular complexity index is 470. The summed E-state index contributed by atoms with van der Waals surface area (Å²) in [5.41, 5.74) is 7.56. The van der Waals surface area contributed by atoms with Crippen LogP contribution in [0.5, 0.6) is 0 Å². The summed E-state index contributed by atoms with van der Waals surface area (Å²) in [6.45, 7) is 0.729. The van der Waals surface area contributed by atoms with E-state index in [1.54, 1.807) is 6.20 Å². The van der Waals surface area contributed by atoms with Crippen molar-refractivity contribution >= 4 is 34.1 Å². The van der Waals surface area contributed by atoms with E-state index in [1.807, 2.05) is 24.3 Å². The van der Waals surface area contributed by atoms with Crippen LogP contribution in [0.1, 0.15) is 5.56 Å². The summed E-state index contributed by atoms with van der Waals surface area (Å²) in [6.07, 6.45) is 3.31. The summed E-state index contributed by atoms with van der Waals surface area (Å²) >= 11 is 2.20. The number of rotatable bonds is 3. The Morgan fingerprint density at radius 2 is 2.00 bits per heavy atom. The summed E-state index contributed by atoms with van der Waals surface area (Å²) in [7, 11) is 0. The van der Waals surface area contributed by atoms with E-state index < -0.39 is 0 Å². The molecule has 0 amide bonds. The minimum atomic E-state index is 0.729. The van der Waals surface area contributed by atoms with Crippen molar-refractivity contribution in [1.29, 1.82) is 0 Å². The second-order valence-electron chi connectivity index (χ2n) is 3.31. The maximum atomic E-state index is 5.62. The monoisotopic (exact) mass is 326 g/mol. The predicted molar refractivity (Wildman–Crippen MR) is 72.9 cm³/mol. The first-order valence-corrected chi connectivity index (χ1v) is 5.87. The molecule has 0 spiro atoms. The molecule has 1 aromatic heterocycles. The molecule has 0 unspecified atom stereocenters. The summed E-state index contributed by atoms with van der Waals surface area (Å²) in [5, 5.41) is 3.25. The number of halogens is 1. The standard InChI is InChI=1S/C11H11IN4/c12-10-6-14-7-16-11(10)15-5-8-1-3-9(13)4-2-8/h1-4,6-7H,5,13H2,(H,14,15,16). The van der Waals surface area contributed by atoms with Gasteiger partial charge in [-0.1, -0.05) is 12.1 Å². The van der Waals surface area contributed by atoms with Crippen LogP contribution in [0.3, 0.4) is 0 Å². The molecule has 4 nitrogen and oxygen atoms in total. The predicted octanol–water partition coefficient (Wildman–Crippen LogP) is 2.28. The van der Waals surface area contributed by atoms with E-state index in [1.165, 1.54) is 11.9 Å². The number of nitrogen functional groups attached to an aromatic ring is 1. The molecule has 0 fully saturated rings. The molecule has 3 N–H and O–H groups in total. The van der Waals surface area contributed by atoms with Gasteiger partial charge in [-0.3, -0.25) is 0 Å². The van der Waals surface area contributed by atoms with Crippen LogP contribution in [-0.4, -0.2) is 9.97 Å². The first kappa shape index (κ1) is 11.1. The van der Waals surface area contributed by atoms with Gasteiger partial charge < -0.3 is 11.1 Å². The summed E-state index contributed by atoms with van der Waals surface area (Å²) < 4.78 is 1.01. The molecule has 0 radical (unpaired) electrons. The van der Waals surface area contributed by atoms with E-state index in [2.05, 4.69) is 37.9 Å². The van der Waals surface area contributed by atoms with E-state index >= 15 is 0 Å². The minimum Gasteiger partial charge on any atom is -0.399 e. The molecule has 1 heterocycles. The third-order valence-electron chi connectivity index (χ3n) is 2.11. The highest BCUT2D eigenvalue weighted by atomic mass is 127. The van der Waals surface area contributed by atoms with E-state index in [0.29, 0.717) is 0 Å². The van der Waals surface area contributed by atoms with Gasteiger partial charge in [0.1, 0.15) is 12.1 Å². The lowest BCUT2D eigenvalue weighted by Crippen LogP contribution is -2.03. The van der Waals surface area contributed by atoms with E-state index in [0.717, 1.165) is 21.6 Å². The van der Waals surface area contributed by atoms with Crippen LogP contribution in [-0.2, 0) is 6.54 Å². The number of anilines is 2. The quantitative estimate of drug-likeness (QED) is 0.671. The van der Waals surface area contributed by atoms with Crippen LogP contribution in [0.2, 0.25) is 0 Å². The molecule has 1 aromatic carbocycles. The number of hydrogen-bond donors (Lipinski definition) is 2. The van der Waals surface area contributed by atoms with E-state index in [-0.39, 0.29) is 0 Å². The molecular weight excluding hydrogens is 315 g/mol. The third-order valence-corrected chi connectivity index (χ3v) is 2.90. The molecule has 82 valence electrons. The van der Waals surface area contributed by atoms with Gasteiger partial charge in [-0.2, -0.15) is 0 Å². The molecule has 5 heteroatoms. The Morgan fingerprint density at radius 3 is 2.69 bits per heavy atom. The lowest BCUT2D eigenvalue weighted by molar-refractivity contribution is 1.07. The van der Waals surface area contributed by atoms with E-state index in [9.17, 15) is 0 Å². The largest absolute Gasteiger partial charge is 0.399 e. The van der Waals surface area contributed by atoms with Crippen molar-refractivity contribution in [2.75, 3.05) is 11.1 Å². The second kappa shape index (κ2) is 5.11. The number of nitrogens with zero attached hydrogens (tertiary/aromatic N) is 2. The van der Waals surface area contributed by atoms with Gasteiger partial charge in [0.05, 0.1) is 3.57 Å². The fourth-order valence-corrected chi connectivity index (χ4v) is 1.75. The first-order chi connectivity index (χ1) is 7.75. The molecule has 0 atom stereocenters. The van der Waals surface area contributed by atoms with Crippen LogP contribution >= 0.6 is 22.6 Å². The normalized spacial score (nSPS) is 10.1. The lowest BCUT2D eigenvalue weighted by atomic mass is 10.2. The molecule has 0 bridgehead atoms. The van der Waals surface area contributed by atoms with Crippen LogP contribution in [0.4, 0.5) is 11.5 Å². The first-order valence-electron chi connectivity index (χ1n) is 4.79. The Hall–Kier alpha value is -1.37. The van der Waals surface area contributed by atoms with Gasteiger partial charge >= 0.3 is 0 Å². The minimum absolute atomic E-state index is 0.729. The van der Waals surface area contributed by atoms with Crippen molar-refractivity contribution in [3.8, 4) is 0 Å². The van der Waals surface area contributed by atoms with Gasteiger partial charge in [-0.15, -0.1) is 0 Å². The topological polar surface area (TPSA) is 63.8 Å². The third kappa shape index (κ3) is 2.82. The molecule has 2 aromatic rings. The molecule has 0 saturated heterocycles. The number of benzene rings is 1. The zero-order chi connectivity index (χ0) is 11.4. The van der Waals surface area contributed by atoms with Crippen molar-refractivity contribution in [2.24, 2.45) is 0 Å². The highest BCUT2D eigenvalue weighted by Crippen LogP contribution is 2.14. The fourth-order valence-electron chi connectivity index (χ4n) is 1.26. The SMILES string of the molecule is Nc1ccc(CNc2ncncc2I)cc1. The van der Waals surface area contributed by atoms with Crippen molar-refractivity contribution in [3.63, 3.8) is 0 Å². The van der Waals surface area contributed by atoms with Crippen molar-refractivity contribution in [1.82, 2.24) is 9.97 Å². The molecule has 16 heavy (non-hydrogen) atoms. The Morgan fingerprint density at radius 1 is 1.25 bits per heavy atom. The Labute approximate surface area is 107 Å². The Kier molecular flexibility index (Phi) is 3.55. The van der Waals surface area contributed by atoms with Crippen molar-refractivity contribution in [3.05, 3.63) is 45.9 Å². The van der Waals surface area contributed by atoms with Crippen LogP contribution < -0.4 is 11.1 Å². The maximum absolute atomic E-state index is 5.62. The average molecular weight is 326 g/mol. The van der Waals surface area contributed by atoms with Gasteiger partial charge in [0.25, 0.3) is 0 Å². The van der Waals surface area contributed by atoms with Gasteiger partial charge in [-0.05, 0) is 40.3 Å². The van der Waals surface area contributed by atoms with Gasteiger partial charge in [-0.25, -0.2) is 9.97 Å². The van der Waals surface area contributed by atoms with Gasteiger partial charge in [0.2, 0.25) is 0 Å². The molecular formula is C11H11IN4. The Balaban J connectivity index is 2.02. The highest BCUT2D eigenvalue weighted by Gasteiger charge is 1.99. The molecule has 0 saturated carbocycles. The molecule has 0 aliphatic heterocycles. The van der Waals surface area contributed by atoms with Crippen molar-refractivity contribution in [2.45, 2.75) is 6.54 Å². The lowest BCUT2D eigenvalue weighted by Gasteiger charge is -2.06. The van der Waals surface area contributed by atoms with Crippen LogP contribution in [0.15, 0.2) is 36.8 Å². The van der Waals surface area contributed by atoms with Crippen LogP contribution in [0, 0.1) is 3.57 Å². The zero-order valence-electron chi connectivity index (χ0n) is 8.52. The number of aromatic nitrogens is 2. The smallest absolute Gasteiger partial charge is 0.143 e. The number of nitrogens with two attached hydrogens (primary N) is 1. The highest BCUT2D eigenvalue weighted by molar-refractivity contribution is 14.1. The molecule has 0 aliphatic rings. The maximum Gasteiger partial charge on any atom is 0.143 e. The summed E-state index contributed by atoms with van der Waals surface area (Å²) in [6, 6.07) is 7.77. The summed E-state index contributed by atoms with van der Waals surface area (Å²) in [4.78, 5) is 8.09. The van der Waals surface area contributed by atoms with E-state index in [4.69, 9.17) is 5.73 Å². The number of hydrogen-bond acceptors (Lipinski definition) is 4. The van der Waals surface area contributed by atoms with Gasteiger partial charge in [0, 0.05) is 18.4 Å². The fraction of sp³-hybridized carbons (Fsp3) is 0.0909. The van der Waals surface area contributed by atoms with Gasteiger partial charge in [0.15, 0.2) is 0 Å². The summed E-state index contributed by atoms with van der Waals surface area (Å²) in [5.74, 6) is 0.854. The van der Waals surface area contributed by atoms with Crippen molar-refractivity contribution < 1.29 is 0 Å². The number of nitrogens with one attached hydrogen (secondary N) is 1. The average Bonchev–Trinajstić information content (AvgIpc) is 2.30. The zero-order valence-corrected chi connectivity index (χ0v) is 10.7. The van der Waals surface area contributed by atoms with Crippen LogP contribution in [0.25, 0.3) is 0 Å². The molecule has 2 rings (SSSR count). The molecule has 0 aliphatic carbocycles.